The molecule has 0 aliphatic heterocycles. The second kappa shape index (κ2) is 6.29. The van der Waals surface area contributed by atoms with E-state index in [1.54, 1.807) is 43.5 Å². The Hall–Kier alpha value is -1.52. The predicted molar refractivity (Wildman–Crippen MR) is 82.1 cm³/mol. The van der Waals surface area contributed by atoms with Crippen LogP contribution in [-0.4, -0.2) is 20.0 Å². The van der Waals surface area contributed by atoms with Crippen molar-refractivity contribution in [3.8, 4) is 11.5 Å². The molecule has 0 spiro atoms. The van der Waals surface area contributed by atoms with Crippen LogP contribution in [0.1, 0.15) is 15.9 Å². The van der Waals surface area contributed by atoms with Crippen LogP contribution in [0, 0.1) is 0 Å². The highest BCUT2D eigenvalue weighted by Crippen LogP contribution is 2.30. The molecule has 0 aromatic heterocycles. The lowest BCUT2D eigenvalue weighted by Gasteiger charge is -2.10. The highest BCUT2D eigenvalue weighted by Gasteiger charge is 2.18. The Morgan fingerprint density at radius 3 is 2.45 bits per heavy atom. The van der Waals surface area contributed by atoms with E-state index in [1.807, 2.05) is 0 Å². The topological polar surface area (TPSA) is 35.5 Å². The standard InChI is InChI=1S/C15H12BrClO3/c1-19-10-4-5-11(14(8-10)20-2)15(18)12-7-9(17)3-6-13(12)16/h3-8H,1-2H3. The minimum absolute atomic E-state index is 0.168. The van der Waals surface area contributed by atoms with E-state index in [0.717, 1.165) is 0 Å². The number of carbonyl (C=O) groups is 1. The largest absolute Gasteiger partial charge is 0.497 e. The first-order valence-electron chi connectivity index (χ1n) is 5.78. The zero-order valence-corrected chi connectivity index (χ0v) is 13.3. The highest BCUT2D eigenvalue weighted by atomic mass is 79.9. The Morgan fingerprint density at radius 1 is 1.05 bits per heavy atom. The first kappa shape index (κ1) is 14.9. The van der Waals surface area contributed by atoms with Crippen LogP contribution in [0.2, 0.25) is 5.02 Å². The van der Waals surface area contributed by atoms with Crippen molar-refractivity contribution < 1.29 is 14.3 Å². The van der Waals surface area contributed by atoms with Gasteiger partial charge < -0.3 is 9.47 Å². The number of ketones is 1. The van der Waals surface area contributed by atoms with E-state index < -0.39 is 0 Å². The summed E-state index contributed by atoms with van der Waals surface area (Å²) in [5.74, 6) is 0.920. The summed E-state index contributed by atoms with van der Waals surface area (Å²) in [6.07, 6.45) is 0. The van der Waals surface area contributed by atoms with Crippen molar-refractivity contribution in [3.63, 3.8) is 0 Å². The van der Waals surface area contributed by atoms with Gasteiger partial charge in [-0.25, -0.2) is 0 Å². The molecule has 2 aromatic rings. The van der Waals surface area contributed by atoms with Gasteiger partial charge in [-0.05, 0) is 30.3 Å². The van der Waals surface area contributed by atoms with Crippen LogP contribution in [0.25, 0.3) is 0 Å². The number of hydrogen-bond donors (Lipinski definition) is 0. The molecule has 0 saturated heterocycles. The third-order valence-electron chi connectivity index (χ3n) is 2.83. The summed E-state index contributed by atoms with van der Waals surface area (Å²) >= 11 is 9.30. The van der Waals surface area contributed by atoms with Crippen molar-refractivity contribution in [2.75, 3.05) is 14.2 Å². The van der Waals surface area contributed by atoms with E-state index in [9.17, 15) is 4.79 Å². The summed E-state index contributed by atoms with van der Waals surface area (Å²) in [5.41, 5.74) is 0.942. The Labute approximate surface area is 130 Å². The normalized spacial score (nSPS) is 10.2. The number of ether oxygens (including phenoxy) is 2. The van der Waals surface area contributed by atoms with Gasteiger partial charge in [-0.1, -0.05) is 27.5 Å². The van der Waals surface area contributed by atoms with Gasteiger partial charge in [0.05, 0.1) is 19.8 Å². The molecule has 0 aliphatic rings. The first-order valence-corrected chi connectivity index (χ1v) is 6.95. The Kier molecular flexibility index (Phi) is 4.68. The van der Waals surface area contributed by atoms with Gasteiger partial charge in [-0.2, -0.15) is 0 Å². The molecular weight excluding hydrogens is 344 g/mol. The molecular formula is C15H12BrClO3. The molecule has 104 valence electrons. The molecule has 0 radical (unpaired) electrons. The van der Waals surface area contributed by atoms with Gasteiger partial charge in [0.15, 0.2) is 5.78 Å². The molecule has 2 rings (SSSR count). The number of rotatable bonds is 4. The summed E-state index contributed by atoms with van der Waals surface area (Å²) in [7, 11) is 3.07. The van der Waals surface area contributed by atoms with Crippen molar-refractivity contribution in [2.45, 2.75) is 0 Å². The molecule has 0 fully saturated rings. The molecule has 3 nitrogen and oxygen atoms in total. The maximum atomic E-state index is 12.6. The quantitative estimate of drug-likeness (QED) is 0.765. The maximum absolute atomic E-state index is 12.6. The molecule has 0 saturated carbocycles. The van der Waals surface area contributed by atoms with Crippen LogP contribution in [-0.2, 0) is 0 Å². The predicted octanol–water partition coefficient (Wildman–Crippen LogP) is 4.35. The van der Waals surface area contributed by atoms with E-state index in [0.29, 0.717) is 32.1 Å². The molecule has 5 heteroatoms. The van der Waals surface area contributed by atoms with Crippen molar-refractivity contribution in [1.29, 1.82) is 0 Å². The molecule has 20 heavy (non-hydrogen) atoms. The minimum atomic E-state index is -0.168. The van der Waals surface area contributed by atoms with Crippen molar-refractivity contribution in [2.24, 2.45) is 0 Å². The van der Waals surface area contributed by atoms with Gasteiger partial charge >= 0.3 is 0 Å². The van der Waals surface area contributed by atoms with Crippen LogP contribution < -0.4 is 9.47 Å². The summed E-state index contributed by atoms with van der Waals surface area (Å²) in [4.78, 5) is 12.6. The van der Waals surface area contributed by atoms with Gasteiger partial charge in [0, 0.05) is 21.1 Å². The van der Waals surface area contributed by atoms with Crippen molar-refractivity contribution in [1.82, 2.24) is 0 Å². The lowest BCUT2D eigenvalue weighted by molar-refractivity contribution is 0.103. The summed E-state index contributed by atoms with van der Waals surface area (Å²) in [6.45, 7) is 0. The smallest absolute Gasteiger partial charge is 0.197 e. The van der Waals surface area contributed by atoms with E-state index in [1.165, 1.54) is 7.11 Å². The third kappa shape index (κ3) is 2.97. The van der Waals surface area contributed by atoms with Crippen LogP contribution >= 0.6 is 27.5 Å². The van der Waals surface area contributed by atoms with Crippen molar-refractivity contribution >= 4 is 33.3 Å². The summed E-state index contributed by atoms with van der Waals surface area (Å²) in [5, 5.41) is 0.504. The molecule has 2 aromatic carbocycles. The molecule has 0 unspecified atom stereocenters. The van der Waals surface area contributed by atoms with E-state index in [2.05, 4.69) is 15.9 Å². The number of methoxy groups -OCH3 is 2. The van der Waals surface area contributed by atoms with Crippen LogP contribution in [0.15, 0.2) is 40.9 Å². The van der Waals surface area contributed by atoms with Crippen LogP contribution in [0.3, 0.4) is 0 Å². The second-order valence-corrected chi connectivity index (χ2v) is 5.31. The fraction of sp³-hybridized carbons (Fsp3) is 0.133. The molecule has 0 N–H and O–H groups in total. The Morgan fingerprint density at radius 2 is 1.80 bits per heavy atom. The fourth-order valence-corrected chi connectivity index (χ4v) is 2.40. The minimum Gasteiger partial charge on any atom is -0.497 e. The van der Waals surface area contributed by atoms with Crippen molar-refractivity contribution in [3.05, 3.63) is 57.0 Å². The number of carbonyl (C=O) groups excluding carboxylic acids is 1. The van der Waals surface area contributed by atoms with Gasteiger partial charge in [-0.15, -0.1) is 0 Å². The van der Waals surface area contributed by atoms with Crippen LogP contribution in [0.4, 0.5) is 0 Å². The van der Waals surface area contributed by atoms with E-state index in [-0.39, 0.29) is 5.78 Å². The third-order valence-corrected chi connectivity index (χ3v) is 3.75. The molecule has 0 amide bonds. The summed E-state index contributed by atoms with van der Waals surface area (Å²) in [6, 6.07) is 10.1. The number of halogens is 2. The first-order chi connectivity index (χ1) is 9.56. The Bertz CT molecular complexity index is 656. The monoisotopic (exact) mass is 354 g/mol. The van der Waals surface area contributed by atoms with E-state index >= 15 is 0 Å². The second-order valence-electron chi connectivity index (χ2n) is 4.02. The van der Waals surface area contributed by atoms with E-state index in [4.69, 9.17) is 21.1 Å². The molecule has 0 aliphatic carbocycles. The maximum Gasteiger partial charge on any atom is 0.197 e. The fourth-order valence-electron chi connectivity index (χ4n) is 1.80. The molecule has 0 bridgehead atoms. The average molecular weight is 356 g/mol. The Balaban J connectivity index is 2.50. The van der Waals surface area contributed by atoms with Gasteiger partial charge in [0.2, 0.25) is 0 Å². The zero-order valence-electron chi connectivity index (χ0n) is 10.9. The lowest BCUT2D eigenvalue weighted by Crippen LogP contribution is -2.05. The van der Waals surface area contributed by atoms with Gasteiger partial charge in [0.25, 0.3) is 0 Å². The van der Waals surface area contributed by atoms with Gasteiger partial charge in [0.1, 0.15) is 11.5 Å². The lowest BCUT2D eigenvalue weighted by atomic mass is 10.0. The molecule has 0 heterocycles. The summed E-state index contributed by atoms with van der Waals surface area (Å²) < 4.78 is 11.1. The van der Waals surface area contributed by atoms with Gasteiger partial charge in [-0.3, -0.25) is 4.79 Å². The average Bonchev–Trinajstić information content (AvgIpc) is 2.48. The SMILES string of the molecule is COc1ccc(C(=O)c2cc(Cl)ccc2Br)c(OC)c1. The number of hydrogen-bond acceptors (Lipinski definition) is 3. The number of benzene rings is 2. The molecule has 0 atom stereocenters. The van der Waals surface area contributed by atoms with Crippen LogP contribution in [0.5, 0.6) is 11.5 Å². The zero-order chi connectivity index (χ0) is 14.7. The highest BCUT2D eigenvalue weighted by molar-refractivity contribution is 9.10.